The molecule has 1 aromatic rings. The highest BCUT2D eigenvalue weighted by Gasteiger charge is 2.29. The van der Waals surface area contributed by atoms with Crippen LogP contribution in [0.4, 0.5) is 5.69 Å². The van der Waals surface area contributed by atoms with Crippen LogP contribution in [0.25, 0.3) is 0 Å². The van der Waals surface area contributed by atoms with E-state index in [2.05, 4.69) is 50.6 Å². The Hall–Kier alpha value is -0.000000000000000132. The van der Waals surface area contributed by atoms with Gasteiger partial charge in [-0.1, -0.05) is 18.0 Å². The van der Waals surface area contributed by atoms with Crippen LogP contribution >= 0.6 is 34.2 Å². The number of fused-ring (bicyclic) bond motifs is 1. The molecule has 4 heteroatoms. The summed E-state index contributed by atoms with van der Waals surface area (Å²) in [4.78, 5) is 5.12. The van der Waals surface area contributed by atoms with Crippen molar-refractivity contribution in [2.45, 2.75) is 25.3 Å². The first-order valence-electron chi connectivity index (χ1n) is 6.68. The van der Waals surface area contributed by atoms with E-state index < -0.39 is 0 Å². The van der Waals surface area contributed by atoms with Crippen molar-refractivity contribution in [2.24, 2.45) is 0 Å². The molecule has 98 valence electrons. The van der Waals surface area contributed by atoms with Crippen LogP contribution in [0.3, 0.4) is 0 Å². The lowest BCUT2D eigenvalue weighted by atomic mass is 9.99. The highest BCUT2D eigenvalue weighted by atomic mass is 127. The molecule has 2 heterocycles. The molecule has 2 aliphatic rings. The van der Waals surface area contributed by atoms with E-state index in [1.54, 1.807) is 0 Å². The number of hydrogen-bond donors (Lipinski definition) is 0. The van der Waals surface area contributed by atoms with Gasteiger partial charge in [-0.3, -0.25) is 4.90 Å². The second-order valence-electron chi connectivity index (χ2n) is 5.23. The summed E-state index contributed by atoms with van der Waals surface area (Å²) in [6.07, 6.45) is 4.11. The monoisotopic (exact) mass is 376 g/mol. The van der Waals surface area contributed by atoms with E-state index in [0.717, 1.165) is 24.2 Å². The molecule has 0 radical (unpaired) electrons. The van der Waals surface area contributed by atoms with Crippen molar-refractivity contribution in [3.05, 3.63) is 26.8 Å². The first kappa shape index (κ1) is 13.0. The number of rotatable bonds is 1. The Labute approximate surface area is 127 Å². The Balaban J connectivity index is 1.77. The summed E-state index contributed by atoms with van der Waals surface area (Å²) < 4.78 is 1.21. The minimum absolute atomic E-state index is 0.739. The van der Waals surface area contributed by atoms with E-state index in [-0.39, 0.29) is 0 Å². The van der Waals surface area contributed by atoms with Gasteiger partial charge >= 0.3 is 0 Å². The number of piperazine rings is 1. The Bertz CT molecular complexity index is 438. The fourth-order valence-electron chi connectivity index (χ4n) is 3.11. The van der Waals surface area contributed by atoms with Gasteiger partial charge in [-0.05, 0) is 60.2 Å². The number of anilines is 1. The van der Waals surface area contributed by atoms with Crippen molar-refractivity contribution in [3.63, 3.8) is 0 Å². The summed E-state index contributed by atoms with van der Waals surface area (Å²) in [5.74, 6) is 0. The molecule has 0 aliphatic carbocycles. The van der Waals surface area contributed by atoms with Crippen LogP contribution in [-0.4, -0.2) is 37.1 Å². The lowest BCUT2D eigenvalue weighted by molar-refractivity contribution is 0.133. The average molecular weight is 377 g/mol. The number of benzene rings is 1. The van der Waals surface area contributed by atoms with Crippen molar-refractivity contribution in [1.82, 2.24) is 4.90 Å². The maximum Gasteiger partial charge on any atom is 0.0650 e. The van der Waals surface area contributed by atoms with Gasteiger partial charge in [0.05, 0.1) is 10.7 Å². The second-order valence-corrected chi connectivity index (χ2v) is 6.88. The minimum atomic E-state index is 0.739. The third-order valence-corrected chi connectivity index (χ3v) is 5.06. The molecule has 2 fully saturated rings. The lowest BCUT2D eigenvalue weighted by Gasteiger charge is -2.45. The fourth-order valence-corrected chi connectivity index (χ4v) is 4.09. The molecule has 1 aromatic carbocycles. The summed E-state index contributed by atoms with van der Waals surface area (Å²) in [6, 6.07) is 7.12. The largest absolute Gasteiger partial charge is 0.367 e. The molecule has 0 aromatic heterocycles. The molecule has 0 spiro atoms. The Morgan fingerprint density at radius 3 is 2.89 bits per heavy atom. The van der Waals surface area contributed by atoms with E-state index in [1.807, 2.05) is 0 Å². The quantitative estimate of drug-likeness (QED) is 0.691. The van der Waals surface area contributed by atoms with Gasteiger partial charge in [-0.15, -0.1) is 0 Å². The minimum Gasteiger partial charge on any atom is -0.367 e. The predicted molar refractivity (Wildman–Crippen MR) is 85.6 cm³/mol. The third-order valence-electron chi connectivity index (χ3n) is 4.09. The van der Waals surface area contributed by atoms with E-state index in [4.69, 9.17) is 11.6 Å². The molecule has 0 saturated carbocycles. The predicted octanol–water partition coefficient (Wildman–Crippen LogP) is 3.62. The Kier molecular flexibility index (Phi) is 4.01. The summed E-state index contributed by atoms with van der Waals surface area (Å²) in [5, 5.41) is 0.895. The van der Waals surface area contributed by atoms with Crippen LogP contribution in [0, 0.1) is 3.57 Å². The Morgan fingerprint density at radius 2 is 2.06 bits per heavy atom. The average Bonchev–Trinajstić information content (AvgIpc) is 2.38. The van der Waals surface area contributed by atoms with Gasteiger partial charge in [-0.25, -0.2) is 0 Å². The SMILES string of the molecule is Clc1cc(I)ccc1N1CCN2CCCCC2C1. The summed E-state index contributed by atoms with van der Waals surface area (Å²) in [6.45, 7) is 4.73. The van der Waals surface area contributed by atoms with Crippen LogP contribution in [-0.2, 0) is 0 Å². The number of halogens is 2. The zero-order valence-corrected chi connectivity index (χ0v) is 13.3. The zero-order valence-electron chi connectivity index (χ0n) is 10.4. The van der Waals surface area contributed by atoms with Crippen LogP contribution in [0.15, 0.2) is 18.2 Å². The third kappa shape index (κ3) is 2.63. The van der Waals surface area contributed by atoms with Crippen molar-refractivity contribution in [2.75, 3.05) is 31.1 Å². The summed E-state index contributed by atoms with van der Waals surface area (Å²) >= 11 is 8.69. The molecule has 18 heavy (non-hydrogen) atoms. The summed E-state index contributed by atoms with van der Waals surface area (Å²) in [7, 11) is 0. The standard InChI is InChI=1S/C14H18ClIN2/c15-13-9-11(16)4-5-14(13)18-8-7-17-6-2-1-3-12(17)10-18/h4-5,9,12H,1-3,6-8,10H2. The molecule has 3 rings (SSSR count). The maximum absolute atomic E-state index is 6.38. The molecule has 2 saturated heterocycles. The maximum atomic E-state index is 6.38. The van der Waals surface area contributed by atoms with Gasteiger partial charge in [-0.2, -0.15) is 0 Å². The van der Waals surface area contributed by atoms with Crippen molar-refractivity contribution < 1.29 is 0 Å². The molecule has 2 aliphatic heterocycles. The first-order chi connectivity index (χ1) is 8.74. The van der Waals surface area contributed by atoms with Crippen molar-refractivity contribution in [1.29, 1.82) is 0 Å². The smallest absolute Gasteiger partial charge is 0.0650 e. The molecule has 0 bridgehead atoms. The van der Waals surface area contributed by atoms with E-state index in [1.165, 1.54) is 41.6 Å². The molecular formula is C14H18ClIN2. The molecule has 0 N–H and O–H groups in total. The highest BCUT2D eigenvalue weighted by molar-refractivity contribution is 14.1. The van der Waals surface area contributed by atoms with Gasteiger partial charge in [0, 0.05) is 29.2 Å². The van der Waals surface area contributed by atoms with Crippen LogP contribution in [0.5, 0.6) is 0 Å². The van der Waals surface area contributed by atoms with E-state index >= 15 is 0 Å². The number of nitrogens with zero attached hydrogens (tertiary/aromatic N) is 2. The fraction of sp³-hybridized carbons (Fsp3) is 0.571. The van der Waals surface area contributed by atoms with Crippen LogP contribution in [0.1, 0.15) is 19.3 Å². The molecule has 0 amide bonds. The number of piperidine rings is 1. The van der Waals surface area contributed by atoms with Gasteiger partial charge in [0.25, 0.3) is 0 Å². The number of hydrogen-bond acceptors (Lipinski definition) is 2. The molecule has 1 unspecified atom stereocenters. The lowest BCUT2D eigenvalue weighted by Crippen LogP contribution is -2.54. The zero-order chi connectivity index (χ0) is 12.5. The normalized spacial score (nSPS) is 25.0. The summed E-state index contributed by atoms with van der Waals surface area (Å²) in [5.41, 5.74) is 1.21. The van der Waals surface area contributed by atoms with E-state index in [0.29, 0.717) is 0 Å². The van der Waals surface area contributed by atoms with Gasteiger partial charge in [0.1, 0.15) is 0 Å². The van der Waals surface area contributed by atoms with Gasteiger partial charge in [0.15, 0.2) is 0 Å². The second kappa shape index (κ2) is 5.55. The molecule has 1 atom stereocenters. The molecular weight excluding hydrogens is 359 g/mol. The molecule has 2 nitrogen and oxygen atoms in total. The van der Waals surface area contributed by atoms with Gasteiger partial charge in [0.2, 0.25) is 0 Å². The van der Waals surface area contributed by atoms with Crippen LogP contribution in [0.2, 0.25) is 5.02 Å². The van der Waals surface area contributed by atoms with E-state index in [9.17, 15) is 0 Å². The van der Waals surface area contributed by atoms with Crippen molar-refractivity contribution >= 4 is 39.9 Å². The first-order valence-corrected chi connectivity index (χ1v) is 8.14. The Morgan fingerprint density at radius 1 is 1.17 bits per heavy atom. The highest BCUT2D eigenvalue weighted by Crippen LogP contribution is 2.31. The van der Waals surface area contributed by atoms with Gasteiger partial charge < -0.3 is 4.90 Å². The van der Waals surface area contributed by atoms with Crippen LogP contribution < -0.4 is 4.90 Å². The topological polar surface area (TPSA) is 6.48 Å². The van der Waals surface area contributed by atoms with Crippen molar-refractivity contribution in [3.8, 4) is 0 Å².